The minimum atomic E-state index is -2.14. The molecule has 0 fully saturated rings. The van der Waals surface area contributed by atoms with Crippen molar-refractivity contribution in [2.75, 3.05) is 13.3 Å². The molecule has 0 atom stereocenters. The van der Waals surface area contributed by atoms with Crippen molar-refractivity contribution in [3.05, 3.63) is 29.8 Å². The van der Waals surface area contributed by atoms with Crippen LogP contribution in [0.1, 0.15) is 76.7 Å². The predicted molar refractivity (Wildman–Crippen MR) is 101 cm³/mol. The molecule has 126 valence electrons. The van der Waals surface area contributed by atoms with Gasteiger partial charge in [-0.15, -0.1) is 0 Å². The Kier molecular flexibility index (Phi) is 9.80. The average molecular weight is 322 g/mol. The highest BCUT2D eigenvalue weighted by Crippen LogP contribution is 2.36. The number of hydrogen-bond acceptors (Lipinski definition) is 1. The van der Waals surface area contributed by atoms with Gasteiger partial charge in [0.05, 0.1) is 0 Å². The second-order valence-electron chi connectivity index (χ2n) is 6.91. The normalized spacial score (nSPS) is 11.8. The molecular formula is C20H35OP. The van der Waals surface area contributed by atoms with Crippen LogP contribution in [0.3, 0.4) is 0 Å². The van der Waals surface area contributed by atoms with Crippen molar-refractivity contribution in [3.63, 3.8) is 0 Å². The number of benzene rings is 1. The van der Waals surface area contributed by atoms with Gasteiger partial charge in [0.15, 0.2) is 0 Å². The quantitative estimate of drug-likeness (QED) is 0.321. The van der Waals surface area contributed by atoms with E-state index in [1.165, 1.54) is 69.8 Å². The zero-order valence-corrected chi connectivity index (χ0v) is 15.8. The SMILES string of the molecule is CCCCCCCCCCCCc1ccccc1P(C)(C)=O. The van der Waals surface area contributed by atoms with E-state index in [0.29, 0.717) is 0 Å². The first kappa shape index (κ1) is 19.5. The fourth-order valence-electron chi connectivity index (χ4n) is 3.05. The molecule has 0 aliphatic rings. The van der Waals surface area contributed by atoms with Crippen LogP contribution in [0.2, 0.25) is 0 Å². The molecule has 0 aromatic heterocycles. The van der Waals surface area contributed by atoms with E-state index in [-0.39, 0.29) is 0 Å². The lowest BCUT2D eigenvalue weighted by atomic mass is 10.0. The molecule has 0 saturated carbocycles. The number of hydrogen-bond donors (Lipinski definition) is 0. The second kappa shape index (κ2) is 11.1. The molecule has 0 amide bonds. The maximum Gasteiger partial charge on any atom is 0.110 e. The zero-order valence-electron chi connectivity index (χ0n) is 14.9. The third-order valence-corrected chi connectivity index (χ3v) is 5.97. The first-order chi connectivity index (χ1) is 10.6. The largest absolute Gasteiger partial charge is 0.319 e. The minimum absolute atomic E-state index is 1.08. The summed E-state index contributed by atoms with van der Waals surface area (Å²) in [5, 5.41) is 1.09. The van der Waals surface area contributed by atoms with Gasteiger partial charge in [0, 0.05) is 5.30 Å². The molecule has 0 unspecified atom stereocenters. The van der Waals surface area contributed by atoms with E-state index in [0.717, 1.165) is 11.7 Å². The van der Waals surface area contributed by atoms with E-state index in [9.17, 15) is 4.57 Å². The van der Waals surface area contributed by atoms with Crippen LogP contribution in [0.4, 0.5) is 0 Å². The highest BCUT2D eigenvalue weighted by Gasteiger charge is 2.14. The van der Waals surface area contributed by atoms with E-state index >= 15 is 0 Å². The van der Waals surface area contributed by atoms with Gasteiger partial charge in [0.2, 0.25) is 0 Å². The number of aryl methyl sites for hydroxylation is 1. The summed E-state index contributed by atoms with van der Waals surface area (Å²) in [6.45, 7) is 6.03. The Morgan fingerprint density at radius 2 is 1.27 bits per heavy atom. The summed E-state index contributed by atoms with van der Waals surface area (Å²) < 4.78 is 12.3. The van der Waals surface area contributed by atoms with E-state index in [2.05, 4.69) is 19.1 Å². The lowest BCUT2D eigenvalue weighted by Crippen LogP contribution is -2.09. The van der Waals surface area contributed by atoms with Crippen LogP contribution in [-0.4, -0.2) is 13.3 Å². The molecule has 2 heteroatoms. The molecule has 0 N–H and O–H groups in total. The molecule has 0 aliphatic carbocycles. The van der Waals surface area contributed by atoms with Crippen LogP contribution < -0.4 is 5.30 Å². The Balaban J connectivity index is 2.14. The minimum Gasteiger partial charge on any atom is -0.319 e. The Labute approximate surface area is 138 Å². The van der Waals surface area contributed by atoms with Crippen molar-refractivity contribution in [1.29, 1.82) is 0 Å². The molecule has 0 spiro atoms. The third kappa shape index (κ3) is 8.18. The molecule has 1 rings (SSSR count). The maximum atomic E-state index is 12.3. The van der Waals surface area contributed by atoms with E-state index < -0.39 is 7.14 Å². The maximum absolute atomic E-state index is 12.3. The van der Waals surface area contributed by atoms with Crippen LogP contribution in [0.25, 0.3) is 0 Å². The Morgan fingerprint density at radius 3 is 1.82 bits per heavy atom. The summed E-state index contributed by atoms with van der Waals surface area (Å²) in [5.41, 5.74) is 1.30. The van der Waals surface area contributed by atoms with Crippen LogP contribution in [0.15, 0.2) is 24.3 Å². The van der Waals surface area contributed by atoms with Crippen molar-refractivity contribution < 1.29 is 4.57 Å². The van der Waals surface area contributed by atoms with Gasteiger partial charge >= 0.3 is 0 Å². The molecule has 0 heterocycles. The van der Waals surface area contributed by atoms with Crippen molar-refractivity contribution in [2.24, 2.45) is 0 Å². The predicted octanol–water partition coefficient (Wildman–Crippen LogP) is 6.40. The molecule has 1 nitrogen and oxygen atoms in total. The lowest BCUT2D eigenvalue weighted by molar-refractivity contribution is 0.556. The van der Waals surface area contributed by atoms with Gasteiger partial charge < -0.3 is 4.57 Å². The Hall–Kier alpha value is -0.550. The molecule has 0 saturated heterocycles. The Bertz CT molecular complexity index is 447. The van der Waals surface area contributed by atoms with Gasteiger partial charge in [-0.2, -0.15) is 0 Å². The molecular weight excluding hydrogens is 287 g/mol. The van der Waals surface area contributed by atoms with Crippen LogP contribution in [0.5, 0.6) is 0 Å². The summed E-state index contributed by atoms with van der Waals surface area (Å²) >= 11 is 0. The number of rotatable bonds is 12. The van der Waals surface area contributed by atoms with Crippen molar-refractivity contribution >= 4 is 12.4 Å². The van der Waals surface area contributed by atoms with E-state index in [1.54, 1.807) is 0 Å². The van der Waals surface area contributed by atoms with Crippen LogP contribution >= 0.6 is 7.14 Å². The standard InChI is InChI=1S/C20H35OP/c1-4-5-6-7-8-9-10-11-12-13-16-19-17-14-15-18-20(19)22(2,3)21/h14-15,17-18H,4-13,16H2,1-3H3. The van der Waals surface area contributed by atoms with Gasteiger partial charge in [-0.05, 0) is 31.7 Å². The van der Waals surface area contributed by atoms with Crippen molar-refractivity contribution in [3.8, 4) is 0 Å². The molecule has 0 bridgehead atoms. The lowest BCUT2D eigenvalue weighted by Gasteiger charge is -2.13. The molecule has 1 aromatic carbocycles. The van der Waals surface area contributed by atoms with Gasteiger partial charge in [0.1, 0.15) is 7.14 Å². The molecule has 0 radical (unpaired) electrons. The number of unbranched alkanes of at least 4 members (excludes halogenated alkanes) is 9. The monoisotopic (exact) mass is 322 g/mol. The third-order valence-electron chi connectivity index (χ3n) is 4.37. The summed E-state index contributed by atoms with van der Waals surface area (Å²) in [6, 6.07) is 8.29. The summed E-state index contributed by atoms with van der Waals surface area (Å²) in [5.74, 6) is 0. The molecule has 22 heavy (non-hydrogen) atoms. The first-order valence-electron chi connectivity index (χ1n) is 9.19. The van der Waals surface area contributed by atoms with Gasteiger partial charge in [0.25, 0.3) is 0 Å². The highest BCUT2D eigenvalue weighted by molar-refractivity contribution is 7.70. The fraction of sp³-hybridized carbons (Fsp3) is 0.700. The van der Waals surface area contributed by atoms with E-state index in [1.807, 2.05) is 25.5 Å². The average Bonchev–Trinajstić information content (AvgIpc) is 2.48. The van der Waals surface area contributed by atoms with E-state index in [4.69, 9.17) is 0 Å². The molecule has 1 aromatic rings. The summed E-state index contributed by atoms with van der Waals surface area (Å²) in [4.78, 5) is 0. The smallest absolute Gasteiger partial charge is 0.110 e. The van der Waals surface area contributed by atoms with Crippen LogP contribution in [0, 0.1) is 0 Å². The summed E-state index contributed by atoms with van der Waals surface area (Å²) in [6.07, 6.45) is 14.7. The molecule has 0 aliphatic heterocycles. The zero-order chi connectivity index (χ0) is 16.3. The van der Waals surface area contributed by atoms with Gasteiger partial charge in [-0.25, -0.2) is 0 Å². The second-order valence-corrected chi connectivity index (χ2v) is 10.1. The first-order valence-corrected chi connectivity index (χ1v) is 11.8. The topological polar surface area (TPSA) is 17.1 Å². The van der Waals surface area contributed by atoms with Crippen molar-refractivity contribution in [1.82, 2.24) is 0 Å². The van der Waals surface area contributed by atoms with Crippen molar-refractivity contribution in [2.45, 2.75) is 77.6 Å². The summed E-state index contributed by atoms with van der Waals surface area (Å²) in [7, 11) is -2.14. The van der Waals surface area contributed by atoms with Crippen LogP contribution in [-0.2, 0) is 11.0 Å². The van der Waals surface area contributed by atoms with Gasteiger partial charge in [-0.3, -0.25) is 0 Å². The fourth-order valence-corrected chi connectivity index (χ4v) is 4.37. The Morgan fingerprint density at radius 1 is 0.773 bits per heavy atom. The van der Waals surface area contributed by atoms with Gasteiger partial charge in [-0.1, -0.05) is 89.0 Å². The highest BCUT2D eigenvalue weighted by atomic mass is 31.2.